The summed E-state index contributed by atoms with van der Waals surface area (Å²) in [5.41, 5.74) is 4.82. The van der Waals surface area contributed by atoms with Gasteiger partial charge in [-0.3, -0.25) is 4.79 Å². The number of rotatable bonds is 4. The number of H-pyrrole nitrogens is 1. The van der Waals surface area contributed by atoms with Gasteiger partial charge >= 0.3 is 5.97 Å². The molecule has 1 aliphatic rings. The molecule has 0 spiro atoms. The van der Waals surface area contributed by atoms with Crippen molar-refractivity contribution in [2.45, 2.75) is 32.2 Å². The summed E-state index contributed by atoms with van der Waals surface area (Å²) in [7, 11) is 1.38. The van der Waals surface area contributed by atoms with Crippen LogP contribution in [0.15, 0.2) is 48.5 Å². The molecule has 5 nitrogen and oxygen atoms in total. The van der Waals surface area contributed by atoms with E-state index in [1.807, 2.05) is 47.4 Å². The van der Waals surface area contributed by atoms with E-state index in [1.165, 1.54) is 7.11 Å². The Balaban J connectivity index is 1.65. The highest BCUT2D eigenvalue weighted by atomic mass is 16.5. The molecule has 1 aliphatic heterocycles. The fraction of sp³-hybridized carbons (Fsp3) is 0.304. The first-order valence-electron chi connectivity index (χ1n) is 9.68. The lowest BCUT2D eigenvalue weighted by atomic mass is 9.93. The minimum Gasteiger partial charge on any atom is -0.465 e. The van der Waals surface area contributed by atoms with Gasteiger partial charge in [0.25, 0.3) is 0 Å². The fourth-order valence-electron chi connectivity index (χ4n) is 4.11. The van der Waals surface area contributed by atoms with Crippen molar-refractivity contribution in [3.8, 4) is 0 Å². The van der Waals surface area contributed by atoms with Gasteiger partial charge in [-0.1, -0.05) is 37.3 Å². The fourth-order valence-corrected chi connectivity index (χ4v) is 4.11. The zero-order valence-electron chi connectivity index (χ0n) is 16.2. The van der Waals surface area contributed by atoms with Gasteiger partial charge in [-0.25, -0.2) is 4.79 Å². The second kappa shape index (κ2) is 7.50. The summed E-state index contributed by atoms with van der Waals surface area (Å²) in [5, 5.41) is 0.989. The van der Waals surface area contributed by atoms with Crippen molar-refractivity contribution in [1.82, 2.24) is 9.88 Å². The number of nitrogens with one attached hydrogen (secondary N) is 1. The Hall–Kier alpha value is -3.08. The number of methoxy groups -OCH3 is 1. The molecule has 1 N–H and O–H groups in total. The molecule has 2 heterocycles. The largest absolute Gasteiger partial charge is 0.465 e. The van der Waals surface area contributed by atoms with Crippen LogP contribution in [0.3, 0.4) is 0 Å². The third kappa shape index (κ3) is 3.17. The number of hydrogen-bond donors (Lipinski definition) is 1. The summed E-state index contributed by atoms with van der Waals surface area (Å²) in [6.45, 7) is 3.31. The number of benzene rings is 2. The van der Waals surface area contributed by atoms with Crippen LogP contribution < -0.4 is 0 Å². The van der Waals surface area contributed by atoms with Gasteiger partial charge in [0.15, 0.2) is 0 Å². The van der Waals surface area contributed by atoms with E-state index in [2.05, 4.69) is 11.9 Å². The molecule has 0 saturated heterocycles. The van der Waals surface area contributed by atoms with Crippen LogP contribution >= 0.6 is 0 Å². The van der Waals surface area contributed by atoms with Crippen LogP contribution in [0.5, 0.6) is 0 Å². The Kier molecular flexibility index (Phi) is 4.90. The molecule has 0 aliphatic carbocycles. The summed E-state index contributed by atoms with van der Waals surface area (Å²) >= 11 is 0. The van der Waals surface area contributed by atoms with Crippen LogP contribution in [0.25, 0.3) is 10.9 Å². The van der Waals surface area contributed by atoms with Crippen molar-refractivity contribution in [3.63, 3.8) is 0 Å². The number of aromatic nitrogens is 1. The van der Waals surface area contributed by atoms with Gasteiger partial charge in [0.1, 0.15) is 0 Å². The van der Waals surface area contributed by atoms with E-state index >= 15 is 0 Å². The molecule has 0 bridgehead atoms. The highest BCUT2D eigenvalue weighted by Crippen LogP contribution is 2.31. The molecule has 1 unspecified atom stereocenters. The van der Waals surface area contributed by atoms with E-state index in [1.54, 1.807) is 6.07 Å². The van der Waals surface area contributed by atoms with Gasteiger partial charge in [0.2, 0.25) is 5.91 Å². The maximum Gasteiger partial charge on any atom is 0.337 e. The predicted octanol–water partition coefficient (Wildman–Crippen LogP) is 4.03. The summed E-state index contributed by atoms with van der Waals surface area (Å²) in [6.07, 6.45) is 1.56. The summed E-state index contributed by atoms with van der Waals surface area (Å²) in [5.74, 6) is -0.313. The normalized spacial score (nSPS) is 14.6. The number of amides is 1. The number of aromatic amines is 1. The highest BCUT2D eigenvalue weighted by molar-refractivity contribution is 5.96. The molecule has 28 heavy (non-hydrogen) atoms. The van der Waals surface area contributed by atoms with Crippen LogP contribution in [0.1, 0.15) is 46.4 Å². The van der Waals surface area contributed by atoms with Crippen molar-refractivity contribution in [2.75, 3.05) is 13.7 Å². The van der Waals surface area contributed by atoms with E-state index in [0.29, 0.717) is 18.7 Å². The van der Waals surface area contributed by atoms with Gasteiger partial charge in [-0.05, 0) is 30.2 Å². The van der Waals surface area contributed by atoms with Crippen LogP contribution in [0, 0.1) is 0 Å². The number of carbonyl (C=O) groups is 2. The van der Waals surface area contributed by atoms with E-state index in [9.17, 15) is 9.59 Å². The molecular weight excluding hydrogens is 352 g/mol. The van der Waals surface area contributed by atoms with Crippen molar-refractivity contribution in [3.05, 3.63) is 70.9 Å². The first-order chi connectivity index (χ1) is 13.6. The van der Waals surface area contributed by atoms with Gasteiger partial charge in [-0.15, -0.1) is 0 Å². The van der Waals surface area contributed by atoms with E-state index in [4.69, 9.17) is 4.74 Å². The average Bonchev–Trinajstić information content (AvgIpc) is 3.11. The molecule has 0 fully saturated rings. The molecule has 144 valence electrons. The number of carbonyl (C=O) groups excluding carboxylic acids is 2. The van der Waals surface area contributed by atoms with Gasteiger partial charge in [0, 0.05) is 41.7 Å². The Labute approximate surface area is 164 Å². The number of ether oxygens (including phenoxy) is 1. The third-order valence-corrected chi connectivity index (χ3v) is 5.62. The molecule has 0 saturated carbocycles. The Bertz CT molecular complexity index is 1020. The molecule has 1 aromatic heterocycles. The average molecular weight is 376 g/mol. The first-order valence-corrected chi connectivity index (χ1v) is 9.68. The van der Waals surface area contributed by atoms with Crippen LogP contribution in [0.4, 0.5) is 0 Å². The van der Waals surface area contributed by atoms with Gasteiger partial charge in [0.05, 0.1) is 18.6 Å². The third-order valence-electron chi connectivity index (χ3n) is 5.62. The molecule has 3 aromatic rings. The minimum atomic E-state index is -0.351. The zero-order chi connectivity index (χ0) is 19.7. The Morgan fingerprint density at radius 2 is 1.96 bits per heavy atom. The molecule has 5 heteroatoms. The number of nitrogens with zero attached hydrogens (tertiary/aromatic N) is 1. The minimum absolute atomic E-state index is 0.126. The van der Waals surface area contributed by atoms with Crippen LogP contribution in [-0.2, 0) is 22.5 Å². The van der Waals surface area contributed by atoms with Crippen LogP contribution in [0.2, 0.25) is 0 Å². The lowest BCUT2D eigenvalue weighted by Crippen LogP contribution is -2.38. The number of fused-ring (bicyclic) bond motifs is 3. The molecule has 4 rings (SSSR count). The molecule has 1 amide bonds. The topological polar surface area (TPSA) is 62.4 Å². The molecule has 0 radical (unpaired) electrons. The van der Waals surface area contributed by atoms with Crippen LogP contribution in [-0.4, -0.2) is 35.4 Å². The van der Waals surface area contributed by atoms with Gasteiger partial charge in [-0.2, -0.15) is 0 Å². The summed E-state index contributed by atoms with van der Waals surface area (Å²) < 4.78 is 4.85. The second-order valence-corrected chi connectivity index (χ2v) is 7.22. The first kappa shape index (κ1) is 18.3. The SMILES string of the molecule is CCC(C(=O)N1CCc2[nH]c3ccc(C(=O)OC)cc3c2C1)c1ccccc1. The number of esters is 1. The summed E-state index contributed by atoms with van der Waals surface area (Å²) in [6, 6.07) is 15.5. The lowest BCUT2D eigenvalue weighted by molar-refractivity contribution is -0.133. The zero-order valence-corrected chi connectivity index (χ0v) is 16.2. The standard InChI is InChI=1S/C23H24N2O3/c1-3-17(15-7-5-4-6-8-15)22(26)25-12-11-21-19(14-25)18-13-16(23(27)28-2)9-10-20(18)24-21/h4-10,13,17,24H,3,11-12,14H2,1-2H3. The van der Waals surface area contributed by atoms with Crippen molar-refractivity contribution in [1.29, 1.82) is 0 Å². The lowest BCUT2D eigenvalue weighted by Gasteiger charge is -2.30. The van der Waals surface area contributed by atoms with Crippen molar-refractivity contribution < 1.29 is 14.3 Å². The molecule has 1 atom stereocenters. The van der Waals surface area contributed by atoms with E-state index in [0.717, 1.165) is 40.6 Å². The summed E-state index contributed by atoms with van der Waals surface area (Å²) in [4.78, 5) is 30.6. The highest BCUT2D eigenvalue weighted by Gasteiger charge is 2.29. The monoisotopic (exact) mass is 376 g/mol. The smallest absolute Gasteiger partial charge is 0.337 e. The quantitative estimate of drug-likeness (QED) is 0.699. The van der Waals surface area contributed by atoms with E-state index < -0.39 is 0 Å². The van der Waals surface area contributed by atoms with Crippen molar-refractivity contribution in [2.24, 2.45) is 0 Å². The second-order valence-electron chi connectivity index (χ2n) is 7.22. The van der Waals surface area contributed by atoms with Gasteiger partial charge < -0.3 is 14.6 Å². The van der Waals surface area contributed by atoms with E-state index in [-0.39, 0.29) is 17.8 Å². The Morgan fingerprint density at radius 3 is 2.68 bits per heavy atom. The predicted molar refractivity (Wildman–Crippen MR) is 108 cm³/mol. The number of hydrogen-bond acceptors (Lipinski definition) is 3. The maximum atomic E-state index is 13.3. The molecule has 2 aromatic carbocycles. The van der Waals surface area contributed by atoms with Crippen molar-refractivity contribution >= 4 is 22.8 Å². The maximum absolute atomic E-state index is 13.3. The molecular formula is C23H24N2O3. The Morgan fingerprint density at radius 1 is 1.18 bits per heavy atom.